The quantitative estimate of drug-likeness (QED) is 0.444. The van der Waals surface area contributed by atoms with E-state index in [9.17, 15) is 18.5 Å². The van der Waals surface area contributed by atoms with E-state index >= 15 is 0 Å². The number of nitrogens with one attached hydrogen (secondary N) is 1. The lowest BCUT2D eigenvalue weighted by Gasteiger charge is -2.19. The smallest absolute Gasteiger partial charge is 0.270 e. The van der Waals surface area contributed by atoms with Gasteiger partial charge in [0.1, 0.15) is 5.82 Å². The number of nitro groups is 1. The van der Waals surface area contributed by atoms with Gasteiger partial charge in [-0.3, -0.25) is 14.4 Å². The number of hydrogen-bond acceptors (Lipinski definition) is 7. The molecule has 0 atom stereocenters. The predicted octanol–water partition coefficient (Wildman–Crippen LogP) is 3.16. The molecule has 0 unspecified atom stereocenters. The van der Waals surface area contributed by atoms with Crippen molar-refractivity contribution in [2.24, 2.45) is 0 Å². The van der Waals surface area contributed by atoms with E-state index in [1.807, 2.05) is 24.3 Å². The van der Waals surface area contributed by atoms with Crippen LogP contribution in [0.5, 0.6) is 0 Å². The van der Waals surface area contributed by atoms with Crippen LogP contribution >= 0.6 is 0 Å². The summed E-state index contributed by atoms with van der Waals surface area (Å²) in [5.41, 5.74) is 2.91. The molecule has 1 aliphatic rings. The van der Waals surface area contributed by atoms with Gasteiger partial charge in [0.25, 0.3) is 5.69 Å². The second-order valence-corrected chi connectivity index (χ2v) is 9.23. The van der Waals surface area contributed by atoms with Crippen LogP contribution in [0.15, 0.2) is 54.6 Å². The van der Waals surface area contributed by atoms with Gasteiger partial charge in [-0.2, -0.15) is 0 Å². The third-order valence-electron chi connectivity index (χ3n) is 5.02. The molecule has 0 fully saturated rings. The Labute approximate surface area is 180 Å². The van der Waals surface area contributed by atoms with Crippen LogP contribution in [0.2, 0.25) is 0 Å². The van der Waals surface area contributed by atoms with Crippen LogP contribution in [0, 0.1) is 17.0 Å². The molecule has 0 amide bonds. The minimum atomic E-state index is -3.48. The van der Waals surface area contributed by atoms with Gasteiger partial charge < -0.3 is 5.32 Å². The number of nitrogens with zero attached hydrogens (tertiary/aromatic N) is 4. The van der Waals surface area contributed by atoms with Crippen molar-refractivity contribution in [2.75, 3.05) is 28.5 Å². The van der Waals surface area contributed by atoms with E-state index in [-0.39, 0.29) is 18.0 Å². The molecular weight excluding hydrogens is 418 g/mol. The largest absolute Gasteiger partial charge is 0.369 e. The number of aryl methyl sites for hydroxylation is 1. The Morgan fingerprint density at radius 1 is 1.13 bits per heavy atom. The number of aromatic nitrogens is 2. The van der Waals surface area contributed by atoms with Crippen LogP contribution < -0.4 is 9.62 Å². The van der Waals surface area contributed by atoms with Gasteiger partial charge in [-0.15, -0.1) is 0 Å². The van der Waals surface area contributed by atoms with Crippen LogP contribution in [-0.2, 0) is 16.4 Å². The molecular formula is C21H21N5O4S. The fourth-order valence-electron chi connectivity index (χ4n) is 3.56. The molecule has 31 heavy (non-hydrogen) atoms. The maximum Gasteiger partial charge on any atom is 0.270 e. The number of para-hydroxylation sites is 1. The number of non-ortho nitro benzene ring substituents is 1. The van der Waals surface area contributed by atoms with E-state index in [0.29, 0.717) is 35.9 Å². The third kappa shape index (κ3) is 4.48. The summed E-state index contributed by atoms with van der Waals surface area (Å²) in [6.45, 7) is 2.41. The van der Waals surface area contributed by atoms with Gasteiger partial charge in [0.05, 0.1) is 16.4 Å². The minimum Gasteiger partial charge on any atom is -0.369 e. The van der Waals surface area contributed by atoms with Crippen molar-refractivity contribution >= 4 is 27.2 Å². The van der Waals surface area contributed by atoms with Crippen molar-refractivity contribution in [3.05, 3.63) is 76.0 Å². The molecule has 2 aromatic carbocycles. The van der Waals surface area contributed by atoms with E-state index in [2.05, 4.69) is 15.3 Å². The van der Waals surface area contributed by atoms with Crippen LogP contribution in [0.3, 0.4) is 0 Å². The van der Waals surface area contributed by atoms with E-state index in [0.717, 1.165) is 11.3 Å². The number of hydrogen-bond donors (Lipinski definition) is 1. The maximum atomic E-state index is 12.8. The number of rotatable bonds is 7. The Hall–Kier alpha value is -3.53. The average Bonchev–Trinajstić information content (AvgIpc) is 3.18. The highest BCUT2D eigenvalue weighted by atomic mass is 32.2. The lowest BCUT2D eigenvalue weighted by Crippen LogP contribution is -2.33. The highest BCUT2D eigenvalue weighted by molar-refractivity contribution is 7.92. The zero-order valence-corrected chi connectivity index (χ0v) is 17.7. The van der Waals surface area contributed by atoms with Crippen molar-refractivity contribution in [1.29, 1.82) is 0 Å². The van der Waals surface area contributed by atoms with E-state index < -0.39 is 14.9 Å². The van der Waals surface area contributed by atoms with Gasteiger partial charge >= 0.3 is 0 Å². The van der Waals surface area contributed by atoms with Gasteiger partial charge in [0, 0.05) is 42.5 Å². The van der Waals surface area contributed by atoms with Crippen molar-refractivity contribution in [3.8, 4) is 11.4 Å². The van der Waals surface area contributed by atoms with Gasteiger partial charge in [0.2, 0.25) is 10.0 Å². The molecule has 160 valence electrons. The molecule has 3 aromatic rings. The van der Waals surface area contributed by atoms with E-state index in [1.54, 1.807) is 25.1 Å². The summed E-state index contributed by atoms with van der Waals surface area (Å²) in [6, 6.07) is 15.3. The summed E-state index contributed by atoms with van der Waals surface area (Å²) >= 11 is 0. The number of fused-ring (bicyclic) bond motifs is 1. The molecule has 10 heteroatoms. The first-order chi connectivity index (χ1) is 14.8. The van der Waals surface area contributed by atoms with Crippen molar-refractivity contribution in [3.63, 3.8) is 0 Å². The SMILES string of the molecule is Cc1cc(NCCS(=O)(=O)N2CCc3ccccc32)nc(-c2cccc([N+](=O)[O-])c2)n1. The lowest BCUT2D eigenvalue weighted by atomic mass is 10.2. The lowest BCUT2D eigenvalue weighted by molar-refractivity contribution is -0.384. The Kier molecular flexibility index (Phi) is 5.55. The summed E-state index contributed by atoms with van der Waals surface area (Å²) in [5.74, 6) is 0.713. The molecule has 1 N–H and O–H groups in total. The fourth-order valence-corrected chi connectivity index (χ4v) is 4.99. The zero-order chi connectivity index (χ0) is 22.0. The highest BCUT2D eigenvalue weighted by Gasteiger charge is 2.28. The minimum absolute atomic E-state index is 0.0471. The van der Waals surface area contributed by atoms with Gasteiger partial charge in [-0.1, -0.05) is 30.3 Å². The average molecular weight is 439 g/mol. The monoisotopic (exact) mass is 439 g/mol. The van der Waals surface area contributed by atoms with Crippen molar-refractivity contribution in [2.45, 2.75) is 13.3 Å². The number of benzene rings is 2. The van der Waals surface area contributed by atoms with Crippen LogP contribution in [0.1, 0.15) is 11.3 Å². The predicted molar refractivity (Wildman–Crippen MR) is 119 cm³/mol. The fraction of sp³-hybridized carbons (Fsp3) is 0.238. The second kappa shape index (κ2) is 8.31. The Morgan fingerprint density at radius 3 is 2.74 bits per heavy atom. The number of nitro benzene ring substituents is 1. The number of anilines is 2. The van der Waals surface area contributed by atoms with Crippen LogP contribution in [0.4, 0.5) is 17.2 Å². The molecule has 1 aliphatic heterocycles. The van der Waals surface area contributed by atoms with Gasteiger partial charge in [-0.05, 0) is 25.0 Å². The molecule has 2 heterocycles. The van der Waals surface area contributed by atoms with Crippen molar-refractivity contribution in [1.82, 2.24) is 9.97 Å². The Balaban J connectivity index is 1.47. The summed E-state index contributed by atoms with van der Waals surface area (Å²) in [5, 5.41) is 14.1. The van der Waals surface area contributed by atoms with Gasteiger partial charge in [0.15, 0.2) is 5.82 Å². The highest BCUT2D eigenvalue weighted by Crippen LogP contribution is 2.30. The standard InChI is InChI=1S/C21H21N5O4S/c1-15-13-20(24-21(23-15)17-6-4-7-18(14-17)26(27)28)22-10-12-31(29,30)25-11-9-16-5-2-3-8-19(16)25/h2-8,13-14H,9-12H2,1H3,(H,22,23,24). The molecule has 0 radical (unpaired) electrons. The zero-order valence-electron chi connectivity index (χ0n) is 16.9. The molecule has 1 aromatic heterocycles. The molecule has 0 bridgehead atoms. The van der Waals surface area contributed by atoms with Crippen LogP contribution in [0.25, 0.3) is 11.4 Å². The number of sulfonamides is 1. The first-order valence-corrected chi connectivity index (χ1v) is 11.4. The van der Waals surface area contributed by atoms with Crippen molar-refractivity contribution < 1.29 is 13.3 Å². The molecule has 4 rings (SSSR count). The summed E-state index contributed by atoms with van der Waals surface area (Å²) < 4.78 is 27.1. The molecule has 0 saturated carbocycles. The van der Waals surface area contributed by atoms with E-state index in [4.69, 9.17) is 0 Å². The molecule has 0 saturated heterocycles. The maximum absolute atomic E-state index is 12.8. The van der Waals surface area contributed by atoms with Crippen LogP contribution in [-0.4, -0.2) is 42.2 Å². The third-order valence-corrected chi connectivity index (χ3v) is 6.79. The molecule has 0 spiro atoms. The topological polar surface area (TPSA) is 118 Å². The van der Waals surface area contributed by atoms with E-state index in [1.165, 1.54) is 16.4 Å². The normalized spacial score (nSPS) is 13.1. The first kappa shape index (κ1) is 20.7. The molecule has 0 aliphatic carbocycles. The summed E-state index contributed by atoms with van der Waals surface area (Å²) in [6.07, 6.45) is 0.709. The second-order valence-electron chi connectivity index (χ2n) is 7.22. The summed E-state index contributed by atoms with van der Waals surface area (Å²) in [4.78, 5) is 19.3. The Morgan fingerprint density at radius 2 is 1.94 bits per heavy atom. The molecule has 9 nitrogen and oxygen atoms in total. The summed E-state index contributed by atoms with van der Waals surface area (Å²) in [7, 11) is -3.48. The first-order valence-electron chi connectivity index (χ1n) is 9.76. The van der Waals surface area contributed by atoms with Gasteiger partial charge in [-0.25, -0.2) is 18.4 Å². The Bertz CT molecular complexity index is 1250.